The van der Waals surface area contributed by atoms with E-state index in [1.807, 2.05) is 0 Å². The van der Waals surface area contributed by atoms with Gasteiger partial charge in [-0.2, -0.15) is 0 Å². The van der Waals surface area contributed by atoms with Gasteiger partial charge in [-0.1, -0.05) is 6.08 Å². The van der Waals surface area contributed by atoms with Gasteiger partial charge in [0.25, 0.3) is 0 Å². The van der Waals surface area contributed by atoms with Crippen molar-refractivity contribution in [3.05, 3.63) is 11.5 Å². The van der Waals surface area contributed by atoms with Gasteiger partial charge >= 0.3 is 0 Å². The molecule has 0 aromatic carbocycles. The summed E-state index contributed by atoms with van der Waals surface area (Å²) < 4.78 is 18.5. The topological polar surface area (TPSA) is 74.6 Å². The number of carbonyl (C=O) groups excluding carboxylic acids is 1. The molecule has 0 fully saturated rings. The van der Waals surface area contributed by atoms with E-state index < -0.39 is 11.1 Å². The standard InChI is InChI=1S/C9H16O4S/c10-7-4-6-9(11)5-2-1-3-8-14(12)13/h3,8,10H,1-2,4-7H2,(H,12,13). The fraction of sp³-hybridized carbons (Fsp3) is 0.667. The van der Waals surface area contributed by atoms with Crippen molar-refractivity contribution in [3.63, 3.8) is 0 Å². The Morgan fingerprint density at radius 2 is 1.93 bits per heavy atom. The van der Waals surface area contributed by atoms with E-state index in [4.69, 9.17) is 9.66 Å². The fourth-order valence-electron chi connectivity index (χ4n) is 0.969. The molecule has 0 rings (SSSR count). The number of aliphatic hydroxyl groups excluding tert-OH is 1. The summed E-state index contributed by atoms with van der Waals surface area (Å²) in [6.45, 7) is 0.0507. The molecule has 1 atom stereocenters. The minimum absolute atomic E-state index is 0.0507. The molecule has 0 amide bonds. The van der Waals surface area contributed by atoms with E-state index in [0.717, 1.165) is 0 Å². The van der Waals surface area contributed by atoms with E-state index in [2.05, 4.69) is 0 Å². The maximum atomic E-state index is 11.1. The van der Waals surface area contributed by atoms with Gasteiger partial charge in [-0.15, -0.1) is 0 Å². The molecule has 5 heteroatoms. The molecule has 0 aliphatic heterocycles. The first-order valence-electron chi connectivity index (χ1n) is 4.55. The third-order valence-corrected chi connectivity index (χ3v) is 2.08. The predicted molar refractivity (Wildman–Crippen MR) is 55.1 cm³/mol. The van der Waals surface area contributed by atoms with E-state index in [1.165, 1.54) is 5.41 Å². The van der Waals surface area contributed by atoms with Crippen molar-refractivity contribution in [2.45, 2.75) is 32.1 Å². The first-order chi connectivity index (χ1) is 6.66. The second kappa shape index (κ2) is 9.05. The first kappa shape index (κ1) is 13.5. The van der Waals surface area contributed by atoms with Crippen LogP contribution in [0.1, 0.15) is 32.1 Å². The zero-order chi connectivity index (χ0) is 10.8. The van der Waals surface area contributed by atoms with Crippen LogP contribution in [0.15, 0.2) is 11.5 Å². The highest BCUT2D eigenvalue weighted by atomic mass is 32.2. The molecule has 0 aliphatic carbocycles. The molecule has 0 radical (unpaired) electrons. The maximum absolute atomic E-state index is 11.1. The van der Waals surface area contributed by atoms with Crippen molar-refractivity contribution in [2.75, 3.05) is 6.61 Å². The van der Waals surface area contributed by atoms with Crippen LogP contribution in [-0.4, -0.2) is 26.3 Å². The van der Waals surface area contributed by atoms with Crippen LogP contribution < -0.4 is 0 Å². The summed E-state index contributed by atoms with van der Waals surface area (Å²) in [5.41, 5.74) is 0. The molecule has 0 bridgehead atoms. The second-order valence-electron chi connectivity index (χ2n) is 2.91. The average Bonchev–Trinajstić information content (AvgIpc) is 2.13. The SMILES string of the molecule is O=C(CCCO)CCCC=CS(=O)O. The summed E-state index contributed by atoms with van der Waals surface area (Å²) in [6.07, 6.45) is 4.34. The Morgan fingerprint density at radius 1 is 1.29 bits per heavy atom. The lowest BCUT2D eigenvalue weighted by Crippen LogP contribution is -1.98. The lowest BCUT2D eigenvalue weighted by Gasteiger charge is -1.96. The number of hydrogen-bond acceptors (Lipinski definition) is 3. The monoisotopic (exact) mass is 220 g/mol. The molecule has 4 nitrogen and oxygen atoms in total. The minimum atomic E-state index is -1.88. The fourth-order valence-corrected chi connectivity index (χ4v) is 1.27. The van der Waals surface area contributed by atoms with Gasteiger partial charge in [0.2, 0.25) is 0 Å². The number of rotatable bonds is 8. The number of Topliss-reactive ketones (excluding diaryl/α,β-unsaturated/α-hetero) is 1. The Morgan fingerprint density at radius 3 is 2.50 bits per heavy atom. The molecule has 0 spiro atoms. The quantitative estimate of drug-likeness (QED) is 0.476. The molecule has 82 valence electrons. The zero-order valence-corrected chi connectivity index (χ0v) is 8.83. The summed E-state index contributed by atoms with van der Waals surface area (Å²) >= 11 is -1.88. The summed E-state index contributed by atoms with van der Waals surface area (Å²) in [6, 6.07) is 0. The van der Waals surface area contributed by atoms with Crippen molar-refractivity contribution in [1.29, 1.82) is 0 Å². The number of ketones is 1. The van der Waals surface area contributed by atoms with Crippen LogP contribution in [0.3, 0.4) is 0 Å². The van der Waals surface area contributed by atoms with Gasteiger partial charge in [0.15, 0.2) is 11.1 Å². The Labute approximate surface area is 86.3 Å². The molecule has 0 saturated carbocycles. The van der Waals surface area contributed by atoms with Crippen LogP contribution >= 0.6 is 0 Å². The lowest BCUT2D eigenvalue weighted by atomic mass is 10.1. The molecular weight excluding hydrogens is 204 g/mol. The van der Waals surface area contributed by atoms with Gasteiger partial charge in [0.05, 0.1) is 0 Å². The van der Waals surface area contributed by atoms with E-state index in [-0.39, 0.29) is 12.4 Å². The Hall–Kier alpha value is -0.520. The van der Waals surface area contributed by atoms with Gasteiger partial charge in [-0.25, -0.2) is 4.21 Å². The van der Waals surface area contributed by atoms with Crippen molar-refractivity contribution in [1.82, 2.24) is 0 Å². The average molecular weight is 220 g/mol. The van der Waals surface area contributed by atoms with Gasteiger partial charge in [0.1, 0.15) is 5.78 Å². The molecule has 14 heavy (non-hydrogen) atoms. The molecule has 0 aliphatic rings. The first-order valence-corrected chi connectivity index (χ1v) is 5.72. The van der Waals surface area contributed by atoms with E-state index >= 15 is 0 Å². The van der Waals surface area contributed by atoms with Gasteiger partial charge in [-0.05, 0) is 19.3 Å². The zero-order valence-electron chi connectivity index (χ0n) is 8.02. The van der Waals surface area contributed by atoms with Crippen molar-refractivity contribution >= 4 is 16.9 Å². The minimum Gasteiger partial charge on any atom is -0.396 e. The third kappa shape index (κ3) is 9.57. The van der Waals surface area contributed by atoms with Crippen LogP contribution in [-0.2, 0) is 15.9 Å². The normalized spacial score (nSPS) is 13.3. The van der Waals surface area contributed by atoms with Crippen LogP contribution in [0.25, 0.3) is 0 Å². The summed E-state index contributed by atoms with van der Waals surface area (Å²) in [5.74, 6) is 0.137. The molecular formula is C9H16O4S. The highest BCUT2D eigenvalue weighted by Gasteiger charge is 1.99. The highest BCUT2D eigenvalue weighted by Crippen LogP contribution is 2.02. The number of allylic oxidation sites excluding steroid dienone is 1. The summed E-state index contributed by atoms with van der Waals surface area (Å²) in [7, 11) is 0. The Balaban J connectivity index is 3.35. The van der Waals surface area contributed by atoms with Crippen LogP contribution in [0.2, 0.25) is 0 Å². The number of aliphatic hydroxyl groups is 1. The number of carbonyl (C=O) groups is 1. The van der Waals surface area contributed by atoms with Crippen LogP contribution in [0.4, 0.5) is 0 Å². The Bertz CT molecular complexity index is 213. The van der Waals surface area contributed by atoms with Crippen LogP contribution in [0.5, 0.6) is 0 Å². The van der Waals surface area contributed by atoms with E-state index in [9.17, 15) is 9.00 Å². The van der Waals surface area contributed by atoms with Crippen LogP contribution in [0, 0.1) is 0 Å². The number of hydrogen-bond donors (Lipinski definition) is 2. The molecule has 0 heterocycles. The maximum Gasteiger partial charge on any atom is 0.178 e. The largest absolute Gasteiger partial charge is 0.396 e. The third-order valence-electron chi connectivity index (χ3n) is 1.65. The predicted octanol–water partition coefficient (Wildman–Crippen LogP) is 1.23. The van der Waals surface area contributed by atoms with Crippen molar-refractivity contribution in [3.8, 4) is 0 Å². The summed E-state index contributed by atoms with van der Waals surface area (Å²) in [5, 5.41) is 9.65. The molecule has 0 saturated heterocycles. The van der Waals surface area contributed by atoms with E-state index in [1.54, 1.807) is 6.08 Å². The Kier molecular flexibility index (Phi) is 8.72. The smallest absolute Gasteiger partial charge is 0.178 e. The van der Waals surface area contributed by atoms with Crippen molar-refractivity contribution in [2.24, 2.45) is 0 Å². The second-order valence-corrected chi connectivity index (χ2v) is 3.73. The molecule has 0 aromatic heterocycles. The molecule has 0 aromatic rings. The van der Waals surface area contributed by atoms with Gasteiger partial charge in [-0.3, -0.25) is 4.79 Å². The van der Waals surface area contributed by atoms with Gasteiger partial charge in [0, 0.05) is 24.9 Å². The number of unbranched alkanes of at least 4 members (excludes halogenated alkanes) is 1. The lowest BCUT2D eigenvalue weighted by molar-refractivity contribution is -0.119. The molecule has 1 unspecified atom stereocenters. The molecule has 2 N–H and O–H groups in total. The highest BCUT2D eigenvalue weighted by molar-refractivity contribution is 7.82. The van der Waals surface area contributed by atoms with Gasteiger partial charge < -0.3 is 9.66 Å². The van der Waals surface area contributed by atoms with E-state index in [0.29, 0.717) is 32.1 Å². The van der Waals surface area contributed by atoms with Crippen molar-refractivity contribution < 1.29 is 18.7 Å². The summed E-state index contributed by atoms with van der Waals surface area (Å²) in [4.78, 5) is 11.1.